The second-order valence-corrected chi connectivity index (χ2v) is 4.20. The normalized spacial score (nSPS) is 20.1. The van der Waals surface area contributed by atoms with Gasteiger partial charge in [0.05, 0.1) is 11.7 Å². The van der Waals surface area contributed by atoms with Gasteiger partial charge in [0.25, 0.3) is 0 Å². The first-order chi connectivity index (χ1) is 8.29. The van der Waals surface area contributed by atoms with Gasteiger partial charge in [-0.25, -0.2) is 0 Å². The predicted molar refractivity (Wildman–Crippen MR) is 63.7 cm³/mol. The first-order valence-electron chi connectivity index (χ1n) is 5.82. The third-order valence-electron chi connectivity index (χ3n) is 2.92. The van der Waals surface area contributed by atoms with Gasteiger partial charge in [-0.2, -0.15) is 5.26 Å². The van der Waals surface area contributed by atoms with Gasteiger partial charge in [0.15, 0.2) is 0 Å². The topological polar surface area (TPSA) is 56.5 Å². The third kappa shape index (κ3) is 3.19. The highest BCUT2D eigenvalue weighted by molar-refractivity contribution is 5.42. The van der Waals surface area contributed by atoms with Crippen molar-refractivity contribution in [3.8, 4) is 11.8 Å². The van der Waals surface area contributed by atoms with Crippen molar-refractivity contribution in [3.05, 3.63) is 29.8 Å². The number of hydrogen-bond donors (Lipinski definition) is 1. The highest BCUT2D eigenvalue weighted by atomic mass is 16.5. The smallest absolute Gasteiger partial charge is 0.137 e. The van der Waals surface area contributed by atoms with Crippen LogP contribution >= 0.6 is 0 Å². The first kappa shape index (κ1) is 11.9. The second kappa shape index (κ2) is 5.67. The molecule has 0 aromatic heterocycles. The fourth-order valence-corrected chi connectivity index (χ4v) is 1.98. The molecule has 0 spiro atoms. The highest BCUT2D eigenvalue weighted by Gasteiger charge is 2.19. The monoisotopic (exact) mass is 232 g/mol. The van der Waals surface area contributed by atoms with Crippen LogP contribution in [0.25, 0.3) is 0 Å². The number of ether oxygens (including phenoxy) is 1. The minimum absolute atomic E-state index is 0.193. The molecule has 1 fully saturated rings. The van der Waals surface area contributed by atoms with Crippen LogP contribution in [0.2, 0.25) is 0 Å². The third-order valence-corrected chi connectivity index (χ3v) is 2.92. The number of aliphatic hydroxyl groups excluding tert-OH is 1. The van der Waals surface area contributed by atoms with Crippen molar-refractivity contribution in [2.45, 2.75) is 12.5 Å². The summed E-state index contributed by atoms with van der Waals surface area (Å²) in [5.41, 5.74) is 0.564. The number of β-amino-alcohol motifs (C(OH)–C–C–N with tert-alkyl or cyclic N) is 1. The molecule has 4 heteroatoms. The maximum absolute atomic E-state index is 9.37. The Kier molecular flexibility index (Phi) is 3.97. The van der Waals surface area contributed by atoms with Crippen LogP contribution in [0.5, 0.6) is 5.75 Å². The lowest BCUT2D eigenvalue weighted by atomic mass is 10.2. The summed E-state index contributed by atoms with van der Waals surface area (Å²) in [5.74, 6) is 0.634. The van der Waals surface area contributed by atoms with Gasteiger partial charge in [0.2, 0.25) is 0 Å². The fraction of sp³-hybridized carbons (Fsp3) is 0.462. The first-order valence-corrected chi connectivity index (χ1v) is 5.82. The zero-order valence-corrected chi connectivity index (χ0v) is 9.67. The summed E-state index contributed by atoms with van der Waals surface area (Å²) in [6.45, 7) is 2.98. The van der Waals surface area contributed by atoms with Crippen molar-refractivity contribution >= 4 is 0 Å². The Labute approximate surface area is 101 Å². The lowest BCUT2D eigenvalue weighted by Gasteiger charge is -2.15. The van der Waals surface area contributed by atoms with E-state index in [1.807, 2.05) is 12.1 Å². The Bertz CT molecular complexity index is 414. The quantitative estimate of drug-likeness (QED) is 0.841. The molecule has 1 saturated heterocycles. The number of benzene rings is 1. The average molecular weight is 232 g/mol. The van der Waals surface area contributed by atoms with E-state index in [4.69, 9.17) is 10.00 Å². The van der Waals surface area contributed by atoms with E-state index in [0.717, 1.165) is 26.1 Å². The molecule has 1 aromatic carbocycles. The lowest BCUT2D eigenvalue weighted by molar-refractivity contribution is 0.167. The number of para-hydroxylation sites is 1. The Morgan fingerprint density at radius 2 is 2.29 bits per heavy atom. The van der Waals surface area contributed by atoms with Crippen molar-refractivity contribution in [2.75, 3.05) is 26.2 Å². The van der Waals surface area contributed by atoms with Gasteiger partial charge in [-0.15, -0.1) is 0 Å². The van der Waals surface area contributed by atoms with E-state index in [1.54, 1.807) is 12.1 Å². The molecule has 4 nitrogen and oxygen atoms in total. The van der Waals surface area contributed by atoms with Crippen LogP contribution in [-0.2, 0) is 0 Å². The van der Waals surface area contributed by atoms with Gasteiger partial charge < -0.3 is 9.84 Å². The number of nitriles is 1. The van der Waals surface area contributed by atoms with Gasteiger partial charge in [0.1, 0.15) is 18.4 Å². The summed E-state index contributed by atoms with van der Waals surface area (Å²) in [6, 6.07) is 9.33. The zero-order valence-electron chi connectivity index (χ0n) is 9.67. The van der Waals surface area contributed by atoms with E-state index in [9.17, 15) is 5.11 Å². The van der Waals surface area contributed by atoms with E-state index in [-0.39, 0.29) is 6.10 Å². The summed E-state index contributed by atoms with van der Waals surface area (Å²) >= 11 is 0. The number of likely N-dealkylation sites (tertiary alicyclic amines) is 1. The minimum Gasteiger partial charge on any atom is -0.491 e. The summed E-state index contributed by atoms with van der Waals surface area (Å²) in [6.07, 6.45) is 0.649. The van der Waals surface area contributed by atoms with E-state index < -0.39 is 0 Å². The number of hydrogen-bond acceptors (Lipinski definition) is 4. The van der Waals surface area contributed by atoms with Crippen LogP contribution in [0, 0.1) is 11.3 Å². The lowest BCUT2D eigenvalue weighted by Crippen LogP contribution is -2.27. The molecule has 1 atom stereocenters. The van der Waals surface area contributed by atoms with Crippen molar-refractivity contribution in [2.24, 2.45) is 0 Å². The second-order valence-electron chi connectivity index (χ2n) is 4.20. The molecule has 0 bridgehead atoms. The maximum Gasteiger partial charge on any atom is 0.137 e. The van der Waals surface area contributed by atoms with Crippen molar-refractivity contribution < 1.29 is 9.84 Å². The van der Waals surface area contributed by atoms with Gasteiger partial charge in [-0.05, 0) is 18.6 Å². The SMILES string of the molecule is N#Cc1ccccc1OCCN1CCC(O)C1. The molecule has 0 radical (unpaired) electrons. The molecule has 90 valence electrons. The highest BCUT2D eigenvalue weighted by Crippen LogP contribution is 2.16. The molecule has 2 rings (SSSR count). The number of rotatable bonds is 4. The molecular weight excluding hydrogens is 216 g/mol. The molecule has 17 heavy (non-hydrogen) atoms. The zero-order chi connectivity index (χ0) is 12.1. The standard InChI is InChI=1S/C13H16N2O2/c14-9-11-3-1-2-4-13(11)17-8-7-15-6-5-12(16)10-15/h1-4,12,16H,5-8,10H2. The van der Waals surface area contributed by atoms with Gasteiger partial charge in [-0.1, -0.05) is 12.1 Å². The molecule has 1 unspecified atom stereocenters. The van der Waals surface area contributed by atoms with Gasteiger partial charge in [0, 0.05) is 19.6 Å². The predicted octanol–water partition coefficient (Wildman–Crippen LogP) is 1.00. The molecule has 1 aromatic rings. The molecule has 1 aliphatic heterocycles. The van der Waals surface area contributed by atoms with E-state index in [0.29, 0.717) is 17.9 Å². The summed E-state index contributed by atoms with van der Waals surface area (Å²) in [7, 11) is 0. The van der Waals surface area contributed by atoms with Gasteiger partial charge in [-0.3, -0.25) is 4.90 Å². The molecule has 0 aliphatic carbocycles. The summed E-state index contributed by atoms with van der Waals surface area (Å²) in [5, 5.41) is 18.3. The van der Waals surface area contributed by atoms with Crippen molar-refractivity contribution in [1.82, 2.24) is 4.90 Å². The van der Waals surface area contributed by atoms with E-state index in [1.165, 1.54) is 0 Å². The molecule has 0 saturated carbocycles. The van der Waals surface area contributed by atoms with Crippen LogP contribution in [0.3, 0.4) is 0 Å². The molecule has 0 amide bonds. The Balaban J connectivity index is 1.80. The molecule has 1 aliphatic rings. The Morgan fingerprint density at radius 1 is 1.47 bits per heavy atom. The fourth-order valence-electron chi connectivity index (χ4n) is 1.98. The Morgan fingerprint density at radius 3 is 3.00 bits per heavy atom. The van der Waals surface area contributed by atoms with E-state index in [2.05, 4.69) is 11.0 Å². The van der Waals surface area contributed by atoms with Crippen LogP contribution in [0.1, 0.15) is 12.0 Å². The van der Waals surface area contributed by atoms with Crippen LogP contribution in [-0.4, -0.2) is 42.4 Å². The number of nitrogens with zero attached hydrogens (tertiary/aromatic N) is 2. The van der Waals surface area contributed by atoms with Crippen molar-refractivity contribution in [1.29, 1.82) is 5.26 Å². The van der Waals surface area contributed by atoms with Crippen LogP contribution in [0.4, 0.5) is 0 Å². The summed E-state index contributed by atoms with van der Waals surface area (Å²) in [4.78, 5) is 2.17. The number of aliphatic hydroxyl groups is 1. The van der Waals surface area contributed by atoms with Crippen molar-refractivity contribution in [3.63, 3.8) is 0 Å². The van der Waals surface area contributed by atoms with Crippen LogP contribution < -0.4 is 4.74 Å². The maximum atomic E-state index is 9.37. The van der Waals surface area contributed by atoms with Gasteiger partial charge >= 0.3 is 0 Å². The van der Waals surface area contributed by atoms with E-state index >= 15 is 0 Å². The molecule has 1 N–H and O–H groups in total. The average Bonchev–Trinajstić information content (AvgIpc) is 2.76. The molecular formula is C13H16N2O2. The minimum atomic E-state index is -0.193. The largest absolute Gasteiger partial charge is 0.491 e. The Hall–Kier alpha value is -1.57. The van der Waals surface area contributed by atoms with Crippen LogP contribution in [0.15, 0.2) is 24.3 Å². The summed E-state index contributed by atoms with van der Waals surface area (Å²) < 4.78 is 5.58. The molecule has 1 heterocycles.